The average Bonchev–Trinajstić information content (AvgIpc) is 2.05. The lowest BCUT2D eigenvalue weighted by atomic mass is 9.88. The second kappa shape index (κ2) is 3.41. The Balaban J connectivity index is 2.46. The normalized spacial score (nSPS) is 25.2. The number of nitrogens with zero attached hydrogens (tertiary/aromatic N) is 1. The lowest BCUT2D eigenvalue weighted by Gasteiger charge is -2.16. The van der Waals surface area contributed by atoms with Crippen LogP contribution in [0.5, 0.6) is 0 Å². The number of nitriles is 1. The zero-order chi connectivity index (χ0) is 7.40. The highest BCUT2D eigenvalue weighted by Gasteiger charge is 2.11. The number of rotatable bonds is 1. The van der Waals surface area contributed by atoms with Gasteiger partial charge >= 0.3 is 0 Å². The van der Waals surface area contributed by atoms with Crippen LogP contribution in [0.15, 0.2) is 11.6 Å². The van der Waals surface area contributed by atoms with Crippen LogP contribution < -0.4 is 0 Å². The molecule has 1 heteroatoms. The van der Waals surface area contributed by atoms with E-state index < -0.39 is 0 Å². The zero-order valence-electron chi connectivity index (χ0n) is 6.43. The maximum Gasteiger partial charge on any atom is 0.0943 e. The van der Waals surface area contributed by atoms with Crippen LogP contribution in [-0.2, 0) is 0 Å². The van der Waals surface area contributed by atoms with Crippen LogP contribution >= 0.6 is 0 Å². The van der Waals surface area contributed by atoms with Crippen molar-refractivity contribution in [3.05, 3.63) is 11.6 Å². The van der Waals surface area contributed by atoms with Gasteiger partial charge < -0.3 is 0 Å². The minimum atomic E-state index is 0.845. The molecule has 0 aromatic carbocycles. The maximum atomic E-state index is 8.53. The summed E-state index contributed by atoms with van der Waals surface area (Å²) in [5.41, 5.74) is 0.990. The lowest BCUT2D eigenvalue weighted by Crippen LogP contribution is -2.03. The van der Waals surface area contributed by atoms with Gasteiger partial charge in [-0.1, -0.05) is 19.4 Å². The molecule has 0 fully saturated rings. The third-order valence-corrected chi connectivity index (χ3v) is 2.24. The Labute approximate surface area is 62.4 Å². The highest BCUT2D eigenvalue weighted by Crippen LogP contribution is 2.24. The van der Waals surface area contributed by atoms with E-state index in [9.17, 15) is 0 Å². The molecule has 1 atom stereocenters. The minimum absolute atomic E-state index is 0.845. The van der Waals surface area contributed by atoms with Crippen molar-refractivity contribution in [2.75, 3.05) is 0 Å². The lowest BCUT2D eigenvalue weighted by molar-refractivity contribution is 0.460. The van der Waals surface area contributed by atoms with Gasteiger partial charge in [0.15, 0.2) is 0 Å². The molecule has 0 heterocycles. The van der Waals surface area contributed by atoms with Gasteiger partial charge in [-0.05, 0) is 25.2 Å². The van der Waals surface area contributed by atoms with Crippen LogP contribution in [-0.4, -0.2) is 0 Å². The van der Waals surface area contributed by atoms with Gasteiger partial charge in [0.2, 0.25) is 0 Å². The van der Waals surface area contributed by atoms with E-state index in [0.29, 0.717) is 0 Å². The molecule has 10 heavy (non-hydrogen) atoms. The summed E-state index contributed by atoms with van der Waals surface area (Å²) >= 11 is 0. The van der Waals surface area contributed by atoms with Gasteiger partial charge in [-0.3, -0.25) is 0 Å². The van der Waals surface area contributed by atoms with E-state index in [2.05, 4.69) is 19.1 Å². The standard InChI is InChI=1S/C9H13N/c1-2-8-3-5-9(7-10)6-4-8/h5,8H,2-4,6H2,1H3/t8-/m0/s1. The van der Waals surface area contributed by atoms with Gasteiger partial charge in [-0.2, -0.15) is 5.26 Å². The summed E-state index contributed by atoms with van der Waals surface area (Å²) in [4.78, 5) is 0. The van der Waals surface area contributed by atoms with Crippen molar-refractivity contribution in [2.24, 2.45) is 5.92 Å². The molecule has 0 aromatic heterocycles. The maximum absolute atomic E-state index is 8.53. The Bertz CT molecular complexity index is 174. The van der Waals surface area contributed by atoms with Crippen LogP contribution in [0, 0.1) is 17.2 Å². The Hall–Kier alpha value is -0.770. The summed E-state index contributed by atoms with van der Waals surface area (Å²) in [6, 6.07) is 2.21. The SMILES string of the molecule is CC[C@H]1CC=C(C#N)CC1. The van der Waals surface area contributed by atoms with E-state index in [1.165, 1.54) is 12.8 Å². The summed E-state index contributed by atoms with van der Waals surface area (Å²) in [6.45, 7) is 2.22. The smallest absolute Gasteiger partial charge is 0.0943 e. The van der Waals surface area contributed by atoms with Crippen molar-refractivity contribution in [3.8, 4) is 6.07 Å². The third-order valence-electron chi connectivity index (χ3n) is 2.24. The molecule has 1 rings (SSSR count). The van der Waals surface area contributed by atoms with Gasteiger partial charge in [-0.15, -0.1) is 0 Å². The molecule has 54 valence electrons. The quantitative estimate of drug-likeness (QED) is 0.542. The van der Waals surface area contributed by atoms with Crippen LogP contribution in [0.2, 0.25) is 0 Å². The third kappa shape index (κ3) is 1.60. The molecule has 0 bridgehead atoms. The number of hydrogen-bond acceptors (Lipinski definition) is 1. The Morgan fingerprint density at radius 2 is 2.60 bits per heavy atom. The van der Waals surface area contributed by atoms with Crippen molar-refractivity contribution in [1.82, 2.24) is 0 Å². The van der Waals surface area contributed by atoms with Gasteiger partial charge in [0, 0.05) is 5.57 Å². The monoisotopic (exact) mass is 135 g/mol. The molecule has 1 aliphatic carbocycles. The molecule has 0 amide bonds. The summed E-state index contributed by atoms with van der Waals surface area (Å²) in [5, 5.41) is 8.53. The Morgan fingerprint density at radius 3 is 3.00 bits per heavy atom. The topological polar surface area (TPSA) is 23.8 Å². The predicted molar refractivity (Wildman–Crippen MR) is 41.3 cm³/mol. The van der Waals surface area contributed by atoms with Crippen LogP contribution in [0.4, 0.5) is 0 Å². The minimum Gasteiger partial charge on any atom is -0.193 e. The first-order chi connectivity index (χ1) is 4.86. The van der Waals surface area contributed by atoms with Crippen molar-refractivity contribution in [1.29, 1.82) is 5.26 Å². The molecular weight excluding hydrogens is 122 g/mol. The second-order valence-electron chi connectivity index (χ2n) is 2.89. The van der Waals surface area contributed by atoms with Gasteiger partial charge in [0.05, 0.1) is 6.07 Å². The van der Waals surface area contributed by atoms with Crippen molar-refractivity contribution < 1.29 is 0 Å². The predicted octanol–water partition coefficient (Wildman–Crippen LogP) is 2.65. The molecule has 0 radical (unpaired) electrons. The molecule has 0 N–H and O–H groups in total. The molecule has 0 saturated carbocycles. The highest BCUT2D eigenvalue weighted by molar-refractivity contribution is 5.22. The molecule has 1 aliphatic rings. The summed E-state index contributed by atoms with van der Waals surface area (Å²) in [5.74, 6) is 0.845. The van der Waals surface area contributed by atoms with Gasteiger partial charge in [0.25, 0.3) is 0 Å². The van der Waals surface area contributed by atoms with Crippen LogP contribution in [0.3, 0.4) is 0 Å². The molecule has 0 aromatic rings. The summed E-state index contributed by atoms with van der Waals surface area (Å²) in [7, 11) is 0. The first kappa shape index (κ1) is 7.34. The highest BCUT2D eigenvalue weighted by atomic mass is 14.3. The van der Waals surface area contributed by atoms with E-state index in [4.69, 9.17) is 5.26 Å². The van der Waals surface area contributed by atoms with Gasteiger partial charge in [-0.25, -0.2) is 0 Å². The fourth-order valence-electron chi connectivity index (χ4n) is 1.36. The molecule has 1 nitrogen and oxygen atoms in total. The molecular formula is C9H13N. The molecule has 0 spiro atoms. The second-order valence-corrected chi connectivity index (χ2v) is 2.89. The van der Waals surface area contributed by atoms with E-state index >= 15 is 0 Å². The van der Waals surface area contributed by atoms with Gasteiger partial charge in [0.1, 0.15) is 0 Å². The first-order valence-electron chi connectivity index (χ1n) is 3.96. The fraction of sp³-hybridized carbons (Fsp3) is 0.667. The fourth-order valence-corrected chi connectivity index (χ4v) is 1.36. The van der Waals surface area contributed by atoms with E-state index in [1.807, 2.05) is 0 Å². The van der Waals surface area contributed by atoms with Crippen LogP contribution in [0.25, 0.3) is 0 Å². The first-order valence-corrected chi connectivity index (χ1v) is 3.96. The molecule has 0 saturated heterocycles. The molecule has 0 aliphatic heterocycles. The zero-order valence-corrected chi connectivity index (χ0v) is 6.43. The van der Waals surface area contributed by atoms with E-state index in [0.717, 1.165) is 24.3 Å². The van der Waals surface area contributed by atoms with E-state index in [1.54, 1.807) is 0 Å². The average molecular weight is 135 g/mol. The van der Waals surface area contributed by atoms with Crippen molar-refractivity contribution in [2.45, 2.75) is 32.6 Å². The number of hydrogen-bond donors (Lipinski definition) is 0. The van der Waals surface area contributed by atoms with Crippen molar-refractivity contribution >= 4 is 0 Å². The summed E-state index contributed by atoms with van der Waals surface area (Å²) < 4.78 is 0. The summed E-state index contributed by atoms with van der Waals surface area (Å²) in [6.07, 6.45) is 6.71. The Kier molecular flexibility index (Phi) is 2.50. The Morgan fingerprint density at radius 1 is 1.80 bits per heavy atom. The largest absolute Gasteiger partial charge is 0.193 e. The number of allylic oxidation sites excluding steroid dienone is 2. The molecule has 0 unspecified atom stereocenters. The van der Waals surface area contributed by atoms with Crippen LogP contribution in [0.1, 0.15) is 32.6 Å². The van der Waals surface area contributed by atoms with Crippen molar-refractivity contribution in [3.63, 3.8) is 0 Å². The van der Waals surface area contributed by atoms with E-state index in [-0.39, 0.29) is 0 Å².